The molecule has 2 rings (SSSR count). The van der Waals surface area contributed by atoms with Crippen molar-refractivity contribution in [2.24, 2.45) is 17.6 Å². The Hall–Kier alpha value is -0.0800. The Kier molecular flexibility index (Phi) is 4.14. The Morgan fingerprint density at radius 2 is 1.76 bits per heavy atom. The monoisotopic (exact) mass is 238 g/mol. The lowest BCUT2D eigenvalue weighted by Crippen LogP contribution is -2.62. The average Bonchev–Trinajstić information content (AvgIpc) is 2.34. The van der Waals surface area contributed by atoms with Crippen molar-refractivity contribution in [1.29, 1.82) is 0 Å². The highest BCUT2D eigenvalue weighted by atomic mass is 15.2. The second-order valence-corrected chi connectivity index (χ2v) is 6.70. The van der Waals surface area contributed by atoms with E-state index in [1.165, 1.54) is 45.1 Å². The van der Waals surface area contributed by atoms with Crippen LogP contribution in [0.25, 0.3) is 0 Å². The van der Waals surface area contributed by atoms with Gasteiger partial charge < -0.3 is 5.73 Å². The predicted molar refractivity (Wildman–Crippen MR) is 74.0 cm³/mol. The van der Waals surface area contributed by atoms with Crippen LogP contribution in [0, 0.1) is 11.8 Å². The molecule has 1 heterocycles. The fourth-order valence-corrected chi connectivity index (χ4v) is 4.16. The van der Waals surface area contributed by atoms with Crippen molar-refractivity contribution < 1.29 is 0 Å². The molecule has 1 saturated heterocycles. The van der Waals surface area contributed by atoms with E-state index in [1.807, 2.05) is 0 Å². The molecule has 1 aliphatic heterocycles. The third-order valence-electron chi connectivity index (χ3n) is 5.37. The lowest BCUT2D eigenvalue weighted by atomic mass is 9.75. The molecule has 0 aromatic heterocycles. The van der Waals surface area contributed by atoms with Gasteiger partial charge >= 0.3 is 0 Å². The molecule has 0 aromatic carbocycles. The molecule has 2 N–H and O–H groups in total. The zero-order chi connectivity index (χ0) is 12.5. The molecule has 2 nitrogen and oxygen atoms in total. The summed E-state index contributed by atoms with van der Waals surface area (Å²) in [5, 5.41) is 0. The quantitative estimate of drug-likeness (QED) is 0.801. The summed E-state index contributed by atoms with van der Waals surface area (Å²) in [5.41, 5.74) is 6.51. The molecule has 1 saturated carbocycles. The van der Waals surface area contributed by atoms with E-state index in [-0.39, 0.29) is 0 Å². The molecule has 2 heteroatoms. The van der Waals surface area contributed by atoms with Crippen molar-refractivity contribution in [3.05, 3.63) is 0 Å². The standard InChI is InChI=1S/C15H30N2/c1-12-9-13(2)14(3)17(10-12)15(11-16)7-5-4-6-8-15/h12-14H,4-11,16H2,1-3H3. The summed E-state index contributed by atoms with van der Waals surface area (Å²) >= 11 is 0. The Balaban J connectivity index is 2.16. The van der Waals surface area contributed by atoms with Crippen LogP contribution in [0.2, 0.25) is 0 Å². The number of likely N-dealkylation sites (tertiary alicyclic amines) is 1. The van der Waals surface area contributed by atoms with Crippen molar-refractivity contribution in [2.75, 3.05) is 13.1 Å². The average molecular weight is 238 g/mol. The summed E-state index contributed by atoms with van der Waals surface area (Å²) in [4.78, 5) is 2.78. The second-order valence-electron chi connectivity index (χ2n) is 6.70. The summed E-state index contributed by atoms with van der Waals surface area (Å²) < 4.78 is 0. The largest absolute Gasteiger partial charge is 0.329 e. The van der Waals surface area contributed by atoms with E-state index < -0.39 is 0 Å². The van der Waals surface area contributed by atoms with Crippen molar-refractivity contribution in [3.8, 4) is 0 Å². The van der Waals surface area contributed by atoms with E-state index in [1.54, 1.807) is 0 Å². The minimum Gasteiger partial charge on any atom is -0.329 e. The zero-order valence-electron chi connectivity index (χ0n) is 11.9. The minimum atomic E-state index is 0.334. The number of hydrogen-bond donors (Lipinski definition) is 1. The van der Waals surface area contributed by atoms with Crippen LogP contribution in [0.15, 0.2) is 0 Å². The van der Waals surface area contributed by atoms with Gasteiger partial charge in [0.05, 0.1) is 0 Å². The van der Waals surface area contributed by atoms with Crippen LogP contribution >= 0.6 is 0 Å². The first-order valence-corrected chi connectivity index (χ1v) is 7.56. The van der Waals surface area contributed by atoms with Gasteiger partial charge in [-0.1, -0.05) is 33.1 Å². The van der Waals surface area contributed by atoms with Crippen molar-refractivity contribution in [3.63, 3.8) is 0 Å². The van der Waals surface area contributed by atoms with Gasteiger partial charge in [-0.3, -0.25) is 4.90 Å². The van der Waals surface area contributed by atoms with E-state index in [9.17, 15) is 0 Å². The molecule has 100 valence electrons. The summed E-state index contributed by atoms with van der Waals surface area (Å²) in [7, 11) is 0. The van der Waals surface area contributed by atoms with Gasteiger partial charge in [-0.05, 0) is 38.0 Å². The Labute approximate surface area is 107 Å². The van der Waals surface area contributed by atoms with Gasteiger partial charge in [0.15, 0.2) is 0 Å². The Morgan fingerprint density at radius 1 is 1.12 bits per heavy atom. The number of nitrogens with two attached hydrogens (primary N) is 1. The van der Waals surface area contributed by atoms with Gasteiger partial charge in [-0.15, -0.1) is 0 Å². The first-order valence-electron chi connectivity index (χ1n) is 7.56. The van der Waals surface area contributed by atoms with Gasteiger partial charge in [0, 0.05) is 24.7 Å². The molecule has 0 amide bonds. The molecule has 3 unspecified atom stereocenters. The first kappa shape index (κ1) is 13.4. The molecule has 3 atom stereocenters. The maximum Gasteiger partial charge on any atom is 0.0334 e. The number of hydrogen-bond acceptors (Lipinski definition) is 2. The molecule has 2 aliphatic rings. The molecule has 1 aliphatic carbocycles. The maximum absolute atomic E-state index is 6.18. The second kappa shape index (κ2) is 5.27. The molecule has 17 heavy (non-hydrogen) atoms. The number of piperidine rings is 1. The fourth-order valence-electron chi connectivity index (χ4n) is 4.16. The van der Waals surface area contributed by atoms with E-state index in [0.717, 1.165) is 18.4 Å². The highest BCUT2D eigenvalue weighted by Gasteiger charge is 2.42. The molecular formula is C15H30N2. The zero-order valence-corrected chi connectivity index (χ0v) is 11.9. The van der Waals surface area contributed by atoms with E-state index in [2.05, 4.69) is 25.7 Å². The fraction of sp³-hybridized carbons (Fsp3) is 1.00. The van der Waals surface area contributed by atoms with Gasteiger partial charge in [0.1, 0.15) is 0 Å². The van der Waals surface area contributed by atoms with Crippen molar-refractivity contribution in [1.82, 2.24) is 4.90 Å². The molecular weight excluding hydrogens is 208 g/mol. The number of rotatable bonds is 2. The van der Waals surface area contributed by atoms with Crippen LogP contribution < -0.4 is 5.73 Å². The van der Waals surface area contributed by atoms with Crippen LogP contribution in [-0.2, 0) is 0 Å². The Morgan fingerprint density at radius 3 is 2.35 bits per heavy atom. The van der Waals surface area contributed by atoms with E-state index in [0.29, 0.717) is 11.6 Å². The van der Waals surface area contributed by atoms with Crippen LogP contribution in [0.5, 0.6) is 0 Å². The van der Waals surface area contributed by atoms with Gasteiger partial charge in [-0.2, -0.15) is 0 Å². The van der Waals surface area contributed by atoms with Crippen molar-refractivity contribution in [2.45, 2.75) is 70.9 Å². The summed E-state index contributed by atoms with van der Waals surface area (Å²) in [5.74, 6) is 1.66. The lowest BCUT2D eigenvalue weighted by Gasteiger charge is -2.54. The van der Waals surface area contributed by atoms with E-state index in [4.69, 9.17) is 5.73 Å². The Bertz CT molecular complexity index is 245. The predicted octanol–water partition coefficient (Wildman–Crippen LogP) is 3.01. The van der Waals surface area contributed by atoms with Gasteiger partial charge in [0.25, 0.3) is 0 Å². The maximum atomic E-state index is 6.18. The summed E-state index contributed by atoms with van der Waals surface area (Å²) in [6.45, 7) is 9.37. The number of nitrogens with zero attached hydrogens (tertiary/aromatic N) is 1. The summed E-state index contributed by atoms with van der Waals surface area (Å²) in [6.07, 6.45) is 8.21. The smallest absolute Gasteiger partial charge is 0.0334 e. The van der Waals surface area contributed by atoms with Gasteiger partial charge in [-0.25, -0.2) is 0 Å². The molecule has 0 aromatic rings. The normalized spacial score (nSPS) is 39.2. The molecule has 0 bridgehead atoms. The summed E-state index contributed by atoms with van der Waals surface area (Å²) in [6, 6.07) is 0.716. The SMILES string of the molecule is CC1CC(C)C(C)N(C2(CN)CCCCC2)C1. The first-order chi connectivity index (χ1) is 8.09. The third kappa shape index (κ3) is 2.53. The highest BCUT2D eigenvalue weighted by Crippen LogP contribution is 2.39. The highest BCUT2D eigenvalue weighted by molar-refractivity contribution is 4.99. The van der Waals surface area contributed by atoms with Crippen LogP contribution in [0.4, 0.5) is 0 Å². The molecule has 0 radical (unpaired) electrons. The molecule has 0 spiro atoms. The van der Waals surface area contributed by atoms with Crippen LogP contribution in [0.3, 0.4) is 0 Å². The van der Waals surface area contributed by atoms with Crippen LogP contribution in [0.1, 0.15) is 59.3 Å². The topological polar surface area (TPSA) is 29.3 Å². The van der Waals surface area contributed by atoms with E-state index >= 15 is 0 Å². The third-order valence-corrected chi connectivity index (χ3v) is 5.37. The van der Waals surface area contributed by atoms with Gasteiger partial charge in [0.2, 0.25) is 0 Å². The molecule has 2 fully saturated rings. The van der Waals surface area contributed by atoms with Crippen LogP contribution in [-0.4, -0.2) is 29.6 Å². The minimum absolute atomic E-state index is 0.334. The lowest BCUT2D eigenvalue weighted by molar-refractivity contribution is -0.0347. The van der Waals surface area contributed by atoms with Crippen molar-refractivity contribution >= 4 is 0 Å².